The fourth-order valence-corrected chi connectivity index (χ4v) is 2.80. The summed E-state index contributed by atoms with van der Waals surface area (Å²) >= 11 is 6.23. The highest BCUT2D eigenvalue weighted by molar-refractivity contribution is 8.33. The highest BCUT2D eigenvalue weighted by atomic mass is 32.2. The van der Waals surface area contributed by atoms with E-state index in [1.807, 2.05) is 4.90 Å². The van der Waals surface area contributed by atoms with Crippen molar-refractivity contribution in [2.24, 2.45) is 0 Å². The predicted molar refractivity (Wildman–Crippen MR) is 44.9 cm³/mol. The number of rotatable bonds is 0. The van der Waals surface area contributed by atoms with Crippen molar-refractivity contribution in [1.82, 2.24) is 4.90 Å². The average Bonchev–Trinajstić information content (AvgIpc) is 2.39. The summed E-state index contributed by atoms with van der Waals surface area (Å²) in [6.07, 6.45) is 2.13. The maximum Gasteiger partial charge on any atom is 0.218 e. The molecule has 0 amide bonds. The van der Waals surface area contributed by atoms with Crippen LogP contribution in [0.2, 0.25) is 0 Å². The first-order chi connectivity index (χ1) is 4.79. The summed E-state index contributed by atoms with van der Waals surface area (Å²) < 4.78 is 0.785. The van der Waals surface area contributed by atoms with E-state index in [2.05, 4.69) is 0 Å². The van der Waals surface area contributed by atoms with E-state index in [9.17, 15) is 4.79 Å². The second-order valence-corrected chi connectivity index (χ2v) is 4.18. The minimum Gasteiger partial charge on any atom is -0.346 e. The van der Waals surface area contributed by atoms with Crippen molar-refractivity contribution in [2.45, 2.75) is 18.9 Å². The van der Waals surface area contributed by atoms with Crippen LogP contribution in [0.25, 0.3) is 0 Å². The van der Waals surface area contributed by atoms with Crippen LogP contribution in [0.1, 0.15) is 12.8 Å². The van der Waals surface area contributed by atoms with Crippen molar-refractivity contribution >= 4 is 33.4 Å². The summed E-state index contributed by atoms with van der Waals surface area (Å²) in [5.41, 5.74) is 0. The number of thioether (sulfide) groups is 1. The molecule has 1 atom stereocenters. The van der Waals surface area contributed by atoms with Crippen molar-refractivity contribution in [3.05, 3.63) is 0 Å². The van der Waals surface area contributed by atoms with Gasteiger partial charge < -0.3 is 4.90 Å². The van der Waals surface area contributed by atoms with Crippen molar-refractivity contribution in [1.29, 1.82) is 0 Å². The van der Waals surface area contributed by atoms with E-state index >= 15 is 0 Å². The Labute approximate surface area is 69.0 Å². The van der Waals surface area contributed by atoms with Crippen molar-refractivity contribution < 1.29 is 4.79 Å². The minimum atomic E-state index is 0.137. The predicted octanol–water partition coefficient (Wildman–Crippen LogP) is 1.01. The molecule has 2 fully saturated rings. The van der Waals surface area contributed by atoms with Crippen molar-refractivity contribution in [2.75, 3.05) is 6.54 Å². The van der Waals surface area contributed by atoms with Crippen LogP contribution < -0.4 is 0 Å². The van der Waals surface area contributed by atoms with E-state index in [0.717, 1.165) is 23.7 Å². The lowest BCUT2D eigenvalue weighted by molar-refractivity contribution is -0.113. The molecule has 0 aromatic carbocycles. The van der Waals surface area contributed by atoms with Crippen LogP contribution in [0.4, 0.5) is 0 Å². The van der Waals surface area contributed by atoms with Crippen LogP contribution in [0.5, 0.6) is 0 Å². The lowest BCUT2D eigenvalue weighted by Gasteiger charge is -2.12. The fourth-order valence-electron chi connectivity index (χ4n) is 1.44. The van der Waals surface area contributed by atoms with Gasteiger partial charge in [0.1, 0.15) is 4.32 Å². The molecule has 2 saturated heterocycles. The molecule has 10 heavy (non-hydrogen) atoms. The lowest BCUT2D eigenvalue weighted by Crippen LogP contribution is -2.27. The van der Waals surface area contributed by atoms with E-state index in [0.29, 0.717) is 0 Å². The number of carbonyl (C=O) groups is 1. The Morgan fingerprint density at radius 2 is 2.50 bits per heavy atom. The molecule has 2 heterocycles. The van der Waals surface area contributed by atoms with Crippen LogP contribution in [-0.4, -0.2) is 26.9 Å². The van der Waals surface area contributed by atoms with E-state index in [4.69, 9.17) is 12.2 Å². The Balaban J connectivity index is 2.27. The zero-order chi connectivity index (χ0) is 7.14. The molecular weight excluding hydrogens is 166 g/mol. The number of fused-ring (bicyclic) bond motifs is 1. The summed E-state index contributed by atoms with van der Waals surface area (Å²) in [4.78, 5) is 13.1. The summed E-state index contributed by atoms with van der Waals surface area (Å²) in [5, 5.41) is 0.252. The normalized spacial score (nSPS) is 31.6. The molecule has 54 valence electrons. The molecule has 2 nitrogen and oxygen atoms in total. The SMILES string of the molecule is O=C1SC(=S)N2CCC[C@@H]12. The summed E-state index contributed by atoms with van der Waals surface area (Å²) in [5.74, 6) is 0. The van der Waals surface area contributed by atoms with Crippen molar-refractivity contribution in [3.63, 3.8) is 0 Å². The van der Waals surface area contributed by atoms with Gasteiger partial charge in [0.25, 0.3) is 0 Å². The number of carbonyl (C=O) groups excluding carboxylic acids is 1. The number of nitrogens with zero attached hydrogens (tertiary/aromatic N) is 1. The van der Waals surface area contributed by atoms with Gasteiger partial charge in [0.15, 0.2) is 0 Å². The zero-order valence-electron chi connectivity index (χ0n) is 5.37. The molecule has 2 aliphatic heterocycles. The topological polar surface area (TPSA) is 20.3 Å². The smallest absolute Gasteiger partial charge is 0.218 e. The molecule has 0 aromatic heterocycles. The molecule has 0 bridgehead atoms. The Kier molecular flexibility index (Phi) is 1.46. The third-order valence-corrected chi connectivity index (χ3v) is 3.31. The molecule has 0 saturated carbocycles. The second-order valence-electron chi connectivity index (χ2n) is 2.54. The van der Waals surface area contributed by atoms with Gasteiger partial charge in [0.2, 0.25) is 5.12 Å². The third-order valence-electron chi connectivity index (χ3n) is 1.95. The highest BCUT2D eigenvalue weighted by Gasteiger charge is 2.39. The number of thiocarbonyl (C=S) groups is 1. The Morgan fingerprint density at radius 3 is 3.20 bits per heavy atom. The average molecular weight is 173 g/mol. The Morgan fingerprint density at radius 1 is 1.70 bits per heavy atom. The van der Waals surface area contributed by atoms with Crippen LogP contribution in [0.15, 0.2) is 0 Å². The van der Waals surface area contributed by atoms with Gasteiger partial charge in [-0.2, -0.15) is 0 Å². The summed E-state index contributed by atoms with van der Waals surface area (Å²) in [6, 6.07) is 0.137. The van der Waals surface area contributed by atoms with Crippen molar-refractivity contribution in [3.8, 4) is 0 Å². The number of hydrogen-bond acceptors (Lipinski definition) is 3. The van der Waals surface area contributed by atoms with Crippen LogP contribution in [-0.2, 0) is 4.79 Å². The first kappa shape index (κ1) is 6.61. The molecule has 0 radical (unpaired) electrons. The van der Waals surface area contributed by atoms with Crippen LogP contribution in [0.3, 0.4) is 0 Å². The third kappa shape index (κ3) is 0.787. The van der Waals surface area contributed by atoms with Gasteiger partial charge in [-0.05, 0) is 24.6 Å². The van der Waals surface area contributed by atoms with Gasteiger partial charge >= 0.3 is 0 Å². The van der Waals surface area contributed by atoms with Gasteiger partial charge in [-0.25, -0.2) is 0 Å². The molecule has 0 unspecified atom stereocenters. The maximum atomic E-state index is 11.1. The Bertz CT molecular complexity index is 184. The molecular formula is C6H7NOS2. The van der Waals surface area contributed by atoms with Crippen LogP contribution in [0, 0.1) is 0 Å². The lowest BCUT2D eigenvalue weighted by atomic mass is 10.2. The van der Waals surface area contributed by atoms with E-state index in [1.54, 1.807) is 0 Å². The largest absolute Gasteiger partial charge is 0.346 e. The molecule has 0 aromatic rings. The van der Waals surface area contributed by atoms with Crippen LogP contribution >= 0.6 is 24.0 Å². The minimum absolute atomic E-state index is 0.137. The fraction of sp³-hybridized carbons (Fsp3) is 0.667. The zero-order valence-corrected chi connectivity index (χ0v) is 7.00. The van der Waals surface area contributed by atoms with Gasteiger partial charge in [0.05, 0.1) is 6.04 Å². The monoisotopic (exact) mass is 173 g/mol. The molecule has 2 rings (SSSR count). The Hall–Kier alpha value is -0.0900. The van der Waals surface area contributed by atoms with Gasteiger partial charge in [0, 0.05) is 6.54 Å². The summed E-state index contributed by atoms with van der Waals surface area (Å²) in [7, 11) is 0. The van der Waals surface area contributed by atoms with Gasteiger partial charge in [-0.15, -0.1) is 0 Å². The highest BCUT2D eigenvalue weighted by Crippen LogP contribution is 2.32. The maximum absolute atomic E-state index is 11.1. The molecule has 4 heteroatoms. The first-order valence-corrected chi connectivity index (χ1v) is 4.54. The van der Waals surface area contributed by atoms with Gasteiger partial charge in [-0.3, -0.25) is 4.79 Å². The van der Waals surface area contributed by atoms with E-state index in [1.165, 1.54) is 11.8 Å². The summed E-state index contributed by atoms with van der Waals surface area (Å²) in [6.45, 7) is 0.988. The van der Waals surface area contributed by atoms with Gasteiger partial charge in [-0.1, -0.05) is 12.2 Å². The second kappa shape index (κ2) is 2.20. The molecule has 0 N–H and O–H groups in total. The number of hydrogen-bond donors (Lipinski definition) is 0. The quantitative estimate of drug-likeness (QED) is 0.509. The first-order valence-electron chi connectivity index (χ1n) is 3.31. The molecule has 0 aliphatic carbocycles. The van der Waals surface area contributed by atoms with E-state index < -0.39 is 0 Å². The molecule has 2 aliphatic rings. The standard InChI is InChI=1S/C6H7NOS2/c8-5-4-2-1-3-7(4)6(9)10-5/h4H,1-3H2/t4-/m0/s1. The molecule has 0 spiro atoms. The van der Waals surface area contributed by atoms with E-state index in [-0.39, 0.29) is 11.2 Å².